The number of hydrogen-bond donors (Lipinski definition) is 0. The Balaban J connectivity index is 2.37. The first kappa shape index (κ1) is 7.53. The van der Waals surface area contributed by atoms with Gasteiger partial charge in [-0.25, -0.2) is 4.98 Å². The quantitative estimate of drug-likeness (QED) is 0.642. The number of hydrogen-bond acceptors (Lipinski definition) is 3. The van der Waals surface area contributed by atoms with Crippen LogP contribution in [0.1, 0.15) is 25.2 Å². The maximum Gasteiger partial charge on any atom is 0.194 e. The van der Waals surface area contributed by atoms with Gasteiger partial charge in [-0.15, -0.1) is 11.3 Å². The Labute approximate surface area is 80.0 Å². The first-order valence-corrected chi connectivity index (χ1v) is 5.15. The fourth-order valence-corrected chi connectivity index (χ4v) is 2.50. The van der Waals surface area contributed by atoms with Gasteiger partial charge in [0.05, 0.1) is 18.0 Å². The van der Waals surface area contributed by atoms with E-state index in [2.05, 4.69) is 29.4 Å². The van der Waals surface area contributed by atoms with E-state index in [4.69, 9.17) is 4.74 Å². The Morgan fingerprint density at radius 3 is 3.31 bits per heavy atom. The molecule has 3 rings (SSSR count). The summed E-state index contributed by atoms with van der Waals surface area (Å²) in [4.78, 5) is 5.63. The van der Waals surface area contributed by atoms with Gasteiger partial charge in [-0.2, -0.15) is 0 Å². The van der Waals surface area contributed by atoms with E-state index in [0.29, 0.717) is 6.61 Å². The Morgan fingerprint density at radius 1 is 1.62 bits per heavy atom. The minimum absolute atomic E-state index is 0.207. The van der Waals surface area contributed by atoms with Crippen molar-refractivity contribution >= 4 is 16.3 Å². The second kappa shape index (κ2) is 2.13. The predicted octanol–water partition coefficient (Wildman–Crippen LogP) is 2.16. The number of nitrogens with zero attached hydrogens (tertiary/aromatic N) is 2. The lowest BCUT2D eigenvalue weighted by atomic mass is 10.1. The average molecular weight is 194 g/mol. The highest BCUT2D eigenvalue weighted by Gasteiger charge is 2.35. The highest BCUT2D eigenvalue weighted by atomic mass is 32.1. The zero-order valence-corrected chi connectivity index (χ0v) is 8.39. The molecule has 1 aliphatic rings. The van der Waals surface area contributed by atoms with E-state index in [-0.39, 0.29) is 5.60 Å². The molecule has 0 radical (unpaired) electrons. The molecule has 0 saturated heterocycles. The van der Waals surface area contributed by atoms with E-state index >= 15 is 0 Å². The summed E-state index contributed by atoms with van der Waals surface area (Å²) >= 11 is 1.67. The standard InChI is InChI=1S/C9H10N2OS/c1-9(2)7-6(5-12-9)11-3-4-13-8(11)10-7/h3-4H,5H2,1-2H3. The van der Waals surface area contributed by atoms with Gasteiger partial charge < -0.3 is 4.74 Å². The number of fused-ring (bicyclic) bond motifs is 3. The molecule has 0 aromatic carbocycles. The lowest BCUT2D eigenvalue weighted by Gasteiger charge is -2.14. The van der Waals surface area contributed by atoms with E-state index in [1.54, 1.807) is 11.3 Å². The molecule has 0 saturated carbocycles. The van der Waals surface area contributed by atoms with Gasteiger partial charge in [-0.05, 0) is 13.8 Å². The van der Waals surface area contributed by atoms with Crippen LogP contribution in [0.4, 0.5) is 0 Å². The maximum atomic E-state index is 5.65. The minimum Gasteiger partial charge on any atom is -0.363 e. The number of aromatic nitrogens is 2. The Hall–Kier alpha value is -0.870. The van der Waals surface area contributed by atoms with Crippen LogP contribution >= 0.6 is 11.3 Å². The van der Waals surface area contributed by atoms with E-state index in [1.807, 2.05) is 5.38 Å². The summed E-state index contributed by atoms with van der Waals surface area (Å²) in [5.41, 5.74) is 2.10. The molecule has 0 bridgehead atoms. The molecule has 13 heavy (non-hydrogen) atoms. The molecule has 0 aliphatic carbocycles. The second-order valence-corrected chi connectivity index (χ2v) is 4.63. The number of thiazole rings is 1. The summed E-state index contributed by atoms with van der Waals surface area (Å²) in [6.07, 6.45) is 2.05. The molecule has 0 spiro atoms. The lowest BCUT2D eigenvalue weighted by Crippen LogP contribution is -2.15. The monoisotopic (exact) mass is 194 g/mol. The van der Waals surface area contributed by atoms with Crippen molar-refractivity contribution in [2.45, 2.75) is 26.1 Å². The van der Waals surface area contributed by atoms with Crippen LogP contribution < -0.4 is 0 Å². The number of rotatable bonds is 0. The SMILES string of the molecule is CC1(C)OCc2c1nc1sccn21. The van der Waals surface area contributed by atoms with Gasteiger partial charge in [-0.3, -0.25) is 4.40 Å². The third kappa shape index (κ3) is 0.845. The Morgan fingerprint density at radius 2 is 2.46 bits per heavy atom. The van der Waals surface area contributed by atoms with Crippen LogP contribution in [-0.4, -0.2) is 9.38 Å². The number of imidazole rings is 1. The first-order valence-electron chi connectivity index (χ1n) is 4.27. The van der Waals surface area contributed by atoms with Crippen molar-refractivity contribution in [1.29, 1.82) is 0 Å². The summed E-state index contributed by atoms with van der Waals surface area (Å²) in [7, 11) is 0. The van der Waals surface area contributed by atoms with Crippen molar-refractivity contribution in [2.75, 3.05) is 0 Å². The van der Waals surface area contributed by atoms with Crippen LogP contribution in [0, 0.1) is 0 Å². The van der Waals surface area contributed by atoms with Gasteiger partial charge in [0.15, 0.2) is 4.96 Å². The predicted molar refractivity (Wildman–Crippen MR) is 50.9 cm³/mol. The minimum atomic E-state index is -0.207. The van der Waals surface area contributed by atoms with Crippen LogP contribution in [0.2, 0.25) is 0 Å². The van der Waals surface area contributed by atoms with Gasteiger partial charge in [-0.1, -0.05) is 0 Å². The van der Waals surface area contributed by atoms with Gasteiger partial charge in [0.1, 0.15) is 5.60 Å². The molecule has 3 nitrogen and oxygen atoms in total. The Kier molecular flexibility index (Phi) is 1.24. The van der Waals surface area contributed by atoms with Crippen LogP contribution in [0.25, 0.3) is 4.96 Å². The molecule has 2 aromatic rings. The molecule has 0 amide bonds. The van der Waals surface area contributed by atoms with Gasteiger partial charge >= 0.3 is 0 Å². The third-order valence-electron chi connectivity index (χ3n) is 2.50. The summed E-state index contributed by atoms with van der Waals surface area (Å²) in [5, 5.41) is 2.05. The van der Waals surface area contributed by atoms with E-state index in [9.17, 15) is 0 Å². The lowest BCUT2D eigenvalue weighted by molar-refractivity contribution is -0.0112. The third-order valence-corrected chi connectivity index (χ3v) is 3.26. The van der Waals surface area contributed by atoms with Crippen LogP contribution in [0.15, 0.2) is 11.6 Å². The maximum absolute atomic E-state index is 5.65. The summed E-state index contributed by atoms with van der Waals surface area (Å²) in [5.74, 6) is 0. The zero-order chi connectivity index (χ0) is 9.05. The smallest absolute Gasteiger partial charge is 0.194 e. The first-order chi connectivity index (χ1) is 6.18. The fourth-order valence-electron chi connectivity index (χ4n) is 1.77. The largest absolute Gasteiger partial charge is 0.363 e. The van der Waals surface area contributed by atoms with Gasteiger partial charge in [0, 0.05) is 11.6 Å². The van der Waals surface area contributed by atoms with E-state index in [0.717, 1.165) is 10.7 Å². The highest BCUT2D eigenvalue weighted by molar-refractivity contribution is 7.15. The summed E-state index contributed by atoms with van der Waals surface area (Å²) in [6.45, 7) is 4.81. The molecule has 0 atom stereocenters. The van der Waals surface area contributed by atoms with Crippen molar-refractivity contribution in [2.24, 2.45) is 0 Å². The van der Waals surface area contributed by atoms with Crippen LogP contribution in [0.5, 0.6) is 0 Å². The van der Waals surface area contributed by atoms with Gasteiger partial charge in [0.2, 0.25) is 0 Å². The molecule has 68 valence electrons. The molecule has 0 fully saturated rings. The van der Waals surface area contributed by atoms with Crippen LogP contribution in [0.3, 0.4) is 0 Å². The molecule has 0 unspecified atom stereocenters. The fraction of sp³-hybridized carbons (Fsp3) is 0.444. The molecule has 2 aromatic heterocycles. The number of ether oxygens (including phenoxy) is 1. The van der Waals surface area contributed by atoms with E-state index < -0.39 is 0 Å². The van der Waals surface area contributed by atoms with Crippen molar-refractivity contribution in [1.82, 2.24) is 9.38 Å². The van der Waals surface area contributed by atoms with E-state index in [1.165, 1.54) is 5.69 Å². The molecule has 0 N–H and O–H groups in total. The molecule has 4 heteroatoms. The molecular formula is C9H10N2OS. The highest BCUT2D eigenvalue weighted by Crippen LogP contribution is 2.36. The van der Waals surface area contributed by atoms with Crippen LogP contribution in [-0.2, 0) is 16.9 Å². The second-order valence-electron chi connectivity index (χ2n) is 3.76. The molecule has 3 heterocycles. The zero-order valence-electron chi connectivity index (χ0n) is 7.57. The molecular weight excluding hydrogens is 184 g/mol. The normalized spacial score (nSPS) is 19.5. The average Bonchev–Trinajstić information content (AvgIpc) is 2.63. The van der Waals surface area contributed by atoms with Crippen molar-refractivity contribution in [3.05, 3.63) is 23.0 Å². The van der Waals surface area contributed by atoms with Crippen molar-refractivity contribution < 1.29 is 4.74 Å². The van der Waals surface area contributed by atoms with Crippen molar-refractivity contribution in [3.63, 3.8) is 0 Å². The topological polar surface area (TPSA) is 26.5 Å². The van der Waals surface area contributed by atoms with Gasteiger partial charge in [0.25, 0.3) is 0 Å². The summed E-state index contributed by atoms with van der Waals surface area (Å²) in [6, 6.07) is 0. The molecule has 1 aliphatic heterocycles. The Bertz CT molecular complexity index is 469. The van der Waals surface area contributed by atoms with Crippen molar-refractivity contribution in [3.8, 4) is 0 Å². The summed E-state index contributed by atoms with van der Waals surface area (Å²) < 4.78 is 7.77.